The van der Waals surface area contributed by atoms with Crippen molar-refractivity contribution in [3.05, 3.63) is 70.8 Å². The fraction of sp³-hybridized carbons (Fsp3) is 0.217. The molecule has 0 unspecified atom stereocenters. The third-order valence-electron chi connectivity index (χ3n) is 3.81. The van der Waals surface area contributed by atoms with Crippen molar-refractivity contribution in [3.63, 3.8) is 0 Å². The van der Waals surface area contributed by atoms with Crippen LogP contribution in [-0.4, -0.2) is 30.6 Å². The zero-order chi connectivity index (χ0) is 22.1. The van der Waals surface area contributed by atoms with Crippen LogP contribution in [0.2, 0.25) is 0 Å². The van der Waals surface area contributed by atoms with Crippen molar-refractivity contribution in [3.8, 4) is 6.07 Å². The molecule has 0 heterocycles. The number of nitrogens with one attached hydrogen (secondary N) is 1. The summed E-state index contributed by atoms with van der Waals surface area (Å²) in [5.41, 5.74) is 2.30. The van der Waals surface area contributed by atoms with Gasteiger partial charge in [0.05, 0.1) is 11.7 Å². The van der Waals surface area contributed by atoms with E-state index in [1.807, 2.05) is 19.1 Å². The molecular weight excluding hydrogens is 384 g/mol. The highest BCUT2D eigenvalue weighted by Gasteiger charge is 2.14. The molecule has 1 amide bonds. The van der Waals surface area contributed by atoms with E-state index in [2.05, 4.69) is 5.32 Å². The minimum atomic E-state index is -0.889. The van der Waals surface area contributed by atoms with Crippen LogP contribution in [0.25, 0.3) is 6.08 Å². The van der Waals surface area contributed by atoms with Gasteiger partial charge in [0, 0.05) is 5.69 Å². The van der Waals surface area contributed by atoms with E-state index in [1.165, 1.54) is 30.3 Å². The number of ether oxygens (including phenoxy) is 2. The highest BCUT2D eigenvalue weighted by molar-refractivity contribution is 6.00. The van der Waals surface area contributed by atoms with Gasteiger partial charge in [-0.15, -0.1) is 0 Å². The lowest BCUT2D eigenvalue weighted by Gasteiger charge is -2.09. The summed E-state index contributed by atoms with van der Waals surface area (Å²) in [6, 6.07) is 15.1. The largest absolute Gasteiger partial charge is 0.459 e. The van der Waals surface area contributed by atoms with E-state index in [9.17, 15) is 19.6 Å². The number of carbonyl (C=O) groups excluding carboxylic acids is 3. The molecule has 0 aromatic heterocycles. The molecule has 2 rings (SSSR count). The lowest BCUT2D eigenvalue weighted by molar-refractivity contribution is -0.142. The zero-order valence-electron chi connectivity index (χ0n) is 17.0. The number of benzene rings is 2. The summed E-state index contributed by atoms with van der Waals surface area (Å²) in [7, 11) is 0. The zero-order valence-corrected chi connectivity index (χ0v) is 17.0. The van der Waals surface area contributed by atoms with E-state index in [4.69, 9.17) is 9.47 Å². The fourth-order valence-corrected chi connectivity index (χ4v) is 2.34. The molecule has 0 aliphatic heterocycles. The summed E-state index contributed by atoms with van der Waals surface area (Å²) in [6.07, 6.45) is 1.17. The SMILES string of the molecule is Cc1ccc(/C=C(\C#N)C(=O)OCC(=O)Nc2ccc(C(=O)OC(C)C)cc2)cc1. The summed E-state index contributed by atoms with van der Waals surface area (Å²) in [5, 5.41) is 11.7. The van der Waals surface area contributed by atoms with Gasteiger partial charge >= 0.3 is 11.9 Å². The summed E-state index contributed by atoms with van der Waals surface area (Å²) in [6.45, 7) is 4.88. The van der Waals surface area contributed by atoms with Crippen molar-refractivity contribution in [2.45, 2.75) is 26.9 Å². The number of amides is 1. The molecule has 1 N–H and O–H groups in total. The van der Waals surface area contributed by atoms with Crippen LogP contribution in [0.3, 0.4) is 0 Å². The van der Waals surface area contributed by atoms with Gasteiger partial charge in [0.15, 0.2) is 6.61 Å². The standard InChI is InChI=1S/C23H22N2O5/c1-15(2)30-23(28)18-8-10-20(11-9-18)25-21(26)14-29-22(27)19(13-24)12-17-6-4-16(3)5-7-17/h4-12,15H,14H2,1-3H3,(H,25,26)/b19-12+. The maximum Gasteiger partial charge on any atom is 0.349 e. The predicted octanol–water partition coefficient (Wildman–Crippen LogP) is 3.65. The molecule has 30 heavy (non-hydrogen) atoms. The number of anilines is 1. The van der Waals surface area contributed by atoms with E-state index >= 15 is 0 Å². The Morgan fingerprint density at radius 2 is 1.70 bits per heavy atom. The lowest BCUT2D eigenvalue weighted by Crippen LogP contribution is -2.21. The highest BCUT2D eigenvalue weighted by atomic mass is 16.5. The molecule has 2 aromatic carbocycles. The van der Waals surface area contributed by atoms with E-state index in [1.54, 1.807) is 32.0 Å². The Hall–Kier alpha value is -3.92. The number of nitriles is 1. The van der Waals surface area contributed by atoms with Gasteiger partial charge < -0.3 is 14.8 Å². The number of rotatable bonds is 7. The monoisotopic (exact) mass is 406 g/mol. The molecule has 2 aromatic rings. The Bertz CT molecular complexity index is 984. The molecule has 154 valence electrons. The molecule has 0 aliphatic carbocycles. The number of carbonyl (C=O) groups is 3. The van der Waals surface area contributed by atoms with Crippen molar-refractivity contribution in [1.82, 2.24) is 0 Å². The van der Waals surface area contributed by atoms with Gasteiger partial charge in [-0.05, 0) is 56.7 Å². The molecule has 7 heteroatoms. The molecular formula is C23H22N2O5. The second kappa shape index (κ2) is 10.6. The number of hydrogen-bond acceptors (Lipinski definition) is 6. The van der Waals surface area contributed by atoms with Gasteiger partial charge in [-0.3, -0.25) is 4.79 Å². The summed E-state index contributed by atoms with van der Waals surface area (Å²) >= 11 is 0. The van der Waals surface area contributed by atoms with Crippen molar-refractivity contribution < 1.29 is 23.9 Å². The fourth-order valence-electron chi connectivity index (χ4n) is 2.34. The topological polar surface area (TPSA) is 105 Å². The third-order valence-corrected chi connectivity index (χ3v) is 3.81. The first-order valence-corrected chi connectivity index (χ1v) is 9.25. The third kappa shape index (κ3) is 6.91. The number of aryl methyl sites for hydroxylation is 1. The molecule has 7 nitrogen and oxygen atoms in total. The second-order valence-electron chi connectivity index (χ2n) is 6.74. The van der Waals surface area contributed by atoms with Gasteiger partial charge in [0.2, 0.25) is 0 Å². The van der Waals surface area contributed by atoms with Gasteiger partial charge in [-0.1, -0.05) is 29.8 Å². The normalized spacial score (nSPS) is 10.8. The minimum Gasteiger partial charge on any atom is -0.459 e. The lowest BCUT2D eigenvalue weighted by atomic mass is 10.1. The first kappa shape index (κ1) is 22.4. The average molecular weight is 406 g/mol. The maximum absolute atomic E-state index is 12.1. The summed E-state index contributed by atoms with van der Waals surface area (Å²) in [5.74, 6) is -1.92. The molecule has 0 fully saturated rings. The number of hydrogen-bond donors (Lipinski definition) is 1. The first-order chi connectivity index (χ1) is 14.3. The van der Waals surface area contributed by atoms with Crippen molar-refractivity contribution in [2.75, 3.05) is 11.9 Å². The van der Waals surface area contributed by atoms with Crippen molar-refractivity contribution in [1.29, 1.82) is 5.26 Å². The molecule has 0 spiro atoms. The Kier molecular flexibility index (Phi) is 7.89. The number of nitrogens with zero attached hydrogens (tertiary/aromatic N) is 1. The van der Waals surface area contributed by atoms with Gasteiger partial charge in [0.25, 0.3) is 5.91 Å². The van der Waals surface area contributed by atoms with Crippen LogP contribution in [-0.2, 0) is 19.1 Å². The van der Waals surface area contributed by atoms with Crippen molar-refractivity contribution >= 4 is 29.6 Å². The van der Waals surface area contributed by atoms with Crippen molar-refractivity contribution in [2.24, 2.45) is 0 Å². The van der Waals surface area contributed by atoms with E-state index < -0.39 is 24.5 Å². The van der Waals surface area contributed by atoms with Crippen LogP contribution in [0.1, 0.15) is 35.3 Å². The van der Waals surface area contributed by atoms with Crippen LogP contribution in [0.4, 0.5) is 5.69 Å². The van der Waals surface area contributed by atoms with Gasteiger partial charge in [-0.2, -0.15) is 5.26 Å². The smallest absolute Gasteiger partial charge is 0.349 e. The van der Waals surface area contributed by atoms with E-state index in [0.29, 0.717) is 16.8 Å². The van der Waals surface area contributed by atoms with Crippen LogP contribution in [0.15, 0.2) is 54.1 Å². The highest BCUT2D eigenvalue weighted by Crippen LogP contribution is 2.12. The van der Waals surface area contributed by atoms with Crippen LogP contribution >= 0.6 is 0 Å². The Morgan fingerprint density at radius 3 is 2.27 bits per heavy atom. The number of esters is 2. The van der Waals surface area contributed by atoms with Crippen LogP contribution < -0.4 is 5.32 Å². The van der Waals surface area contributed by atoms with Crippen LogP contribution in [0, 0.1) is 18.3 Å². The molecule has 0 saturated carbocycles. The maximum atomic E-state index is 12.1. The molecule has 0 radical (unpaired) electrons. The first-order valence-electron chi connectivity index (χ1n) is 9.25. The quantitative estimate of drug-likeness (QED) is 0.427. The van der Waals surface area contributed by atoms with E-state index in [-0.39, 0.29) is 11.7 Å². The Balaban J connectivity index is 1.90. The minimum absolute atomic E-state index is 0.209. The van der Waals surface area contributed by atoms with Crippen LogP contribution in [0.5, 0.6) is 0 Å². The summed E-state index contributed by atoms with van der Waals surface area (Å²) in [4.78, 5) is 35.9. The Labute approximate surface area is 174 Å². The van der Waals surface area contributed by atoms with Gasteiger partial charge in [-0.25, -0.2) is 9.59 Å². The molecule has 0 bridgehead atoms. The predicted molar refractivity (Wildman–Crippen MR) is 111 cm³/mol. The molecule has 0 aliphatic rings. The summed E-state index contributed by atoms with van der Waals surface area (Å²) < 4.78 is 10.0. The van der Waals surface area contributed by atoms with Gasteiger partial charge in [0.1, 0.15) is 11.6 Å². The second-order valence-corrected chi connectivity index (χ2v) is 6.74. The average Bonchev–Trinajstić information content (AvgIpc) is 2.71. The Morgan fingerprint density at radius 1 is 1.07 bits per heavy atom. The molecule has 0 saturated heterocycles. The molecule has 0 atom stereocenters. The van der Waals surface area contributed by atoms with E-state index in [0.717, 1.165) is 5.56 Å².